The number of hydrogen-bond donors (Lipinski definition) is 1. The first-order valence-corrected chi connectivity index (χ1v) is 7.84. The SMILES string of the molecule is Cc1cnc(C(c2cc(F)c(F)c(Cl)c2)c2cc(F)c(F)c(Cl)c2)[nH]1. The minimum atomic E-state index is -1.19. The van der Waals surface area contributed by atoms with Crippen LogP contribution in [-0.4, -0.2) is 9.97 Å². The highest BCUT2D eigenvalue weighted by molar-refractivity contribution is 6.31. The van der Waals surface area contributed by atoms with Crippen molar-refractivity contribution in [3.8, 4) is 0 Å². The van der Waals surface area contributed by atoms with Crippen LogP contribution >= 0.6 is 23.2 Å². The summed E-state index contributed by atoms with van der Waals surface area (Å²) in [5.41, 5.74) is 1.11. The number of aryl methyl sites for hydroxylation is 1. The average Bonchev–Trinajstić information content (AvgIpc) is 2.96. The molecule has 2 nitrogen and oxygen atoms in total. The number of aromatic amines is 1. The highest BCUT2D eigenvalue weighted by Crippen LogP contribution is 2.35. The summed E-state index contributed by atoms with van der Waals surface area (Å²) >= 11 is 11.5. The molecule has 1 aromatic heterocycles. The summed E-state index contributed by atoms with van der Waals surface area (Å²) in [6.45, 7) is 1.74. The second-order valence-corrected chi connectivity index (χ2v) is 6.30. The molecule has 130 valence electrons. The van der Waals surface area contributed by atoms with E-state index in [-0.39, 0.29) is 11.1 Å². The monoisotopic (exact) mass is 388 g/mol. The molecule has 0 aliphatic carbocycles. The molecular formula is C17H10Cl2F4N2. The molecule has 0 spiro atoms. The third-order valence-electron chi connectivity index (χ3n) is 3.67. The lowest BCUT2D eigenvalue weighted by Gasteiger charge is -2.17. The molecule has 0 unspecified atom stereocenters. The number of H-pyrrole nitrogens is 1. The average molecular weight is 389 g/mol. The fourth-order valence-electron chi connectivity index (χ4n) is 2.57. The maximum absolute atomic E-state index is 13.8. The Morgan fingerprint density at radius 1 is 0.880 bits per heavy atom. The minimum Gasteiger partial charge on any atom is -0.345 e. The van der Waals surface area contributed by atoms with Crippen LogP contribution in [0.2, 0.25) is 10.0 Å². The Bertz CT molecular complexity index is 852. The smallest absolute Gasteiger partial charge is 0.177 e. The summed E-state index contributed by atoms with van der Waals surface area (Å²) in [7, 11) is 0. The molecule has 1 N–H and O–H groups in total. The molecule has 0 amide bonds. The van der Waals surface area contributed by atoms with Gasteiger partial charge in [-0.15, -0.1) is 0 Å². The summed E-state index contributed by atoms with van der Waals surface area (Å²) in [5.74, 6) is -5.24. The van der Waals surface area contributed by atoms with E-state index in [2.05, 4.69) is 9.97 Å². The molecule has 3 aromatic rings. The van der Waals surface area contributed by atoms with E-state index < -0.39 is 39.2 Å². The molecule has 0 saturated heterocycles. The fraction of sp³-hybridized carbons (Fsp3) is 0.118. The van der Waals surface area contributed by atoms with E-state index in [0.29, 0.717) is 11.5 Å². The highest BCUT2D eigenvalue weighted by Gasteiger charge is 2.25. The van der Waals surface area contributed by atoms with Crippen molar-refractivity contribution in [1.82, 2.24) is 9.97 Å². The van der Waals surface area contributed by atoms with Gasteiger partial charge in [-0.3, -0.25) is 0 Å². The topological polar surface area (TPSA) is 28.7 Å². The Morgan fingerprint density at radius 2 is 1.36 bits per heavy atom. The molecule has 0 fully saturated rings. The molecule has 0 aliphatic heterocycles. The van der Waals surface area contributed by atoms with E-state index in [1.807, 2.05) is 0 Å². The van der Waals surface area contributed by atoms with Crippen LogP contribution in [0, 0.1) is 30.2 Å². The lowest BCUT2D eigenvalue weighted by atomic mass is 9.90. The molecule has 0 bridgehead atoms. The maximum Gasteiger partial charge on any atom is 0.177 e. The quantitative estimate of drug-likeness (QED) is 0.448. The van der Waals surface area contributed by atoms with Gasteiger partial charge in [0, 0.05) is 11.9 Å². The van der Waals surface area contributed by atoms with Gasteiger partial charge in [-0.1, -0.05) is 23.2 Å². The molecule has 0 saturated carbocycles. The second-order valence-electron chi connectivity index (χ2n) is 5.48. The van der Waals surface area contributed by atoms with Gasteiger partial charge in [0.2, 0.25) is 0 Å². The van der Waals surface area contributed by atoms with Crippen LogP contribution in [-0.2, 0) is 0 Å². The number of nitrogens with one attached hydrogen (secondary N) is 1. The number of halogens is 6. The van der Waals surface area contributed by atoms with Crippen molar-refractivity contribution in [3.63, 3.8) is 0 Å². The largest absolute Gasteiger partial charge is 0.345 e. The van der Waals surface area contributed by atoms with Crippen LogP contribution < -0.4 is 0 Å². The van der Waals surface area contributed by atoms with Gasteiger partial charge in [0.15, 0.2) is 23.3 Å². The zero-order valence-corrected chi connectivity index (χ0v) is 14.2. The Morgan fingerprint density at radius 3 is 1.72 bits per heavy atom. The highest BCUT2D eigenvalue weighted by atomic mass is 35.5. The van der Waals surface area contributed by atoms with Gasteiger partial charge >= 0.3 is 0 Å². The van der Waals surface area contributed by atoms with Gasteiger partial charge in [0.1, 0.15) is 5.82 Å². The van der Waals surface area contributed by atoms with Crippen molar-refractivity contribution in [2.24, 2.45) is 0 Å². The third kappa shape index (κ3) is 3.37. The summed E-state index contributed by atoms with van der Waals surface area (Å²) in [6.07, 6.45) is 1.52. The normalized spacial score (nSPS) is 11.4. The number of imidazole rings is 1. The van der Waals surface area contributed by atoms with Crippen molar-refractivity contribution < 1.29 is 17.6 Å². The van der Waals surface area contributed by atoms with Gasteiger partial charge in [0.25, 0.3) is 0 Å². The number of rotatable bonds is 3. The standard InChI is InChI=1S/C17H10Cl2F4N2/c1-7-6-24-17(25-7)14(8-2-10(18)15(22)12(20)4-8)9-3-11(19)16(23)13(21)5-9/h2-6,14H,1H3,(H,24,25). The van der Waals surface area contributed by atoms with Crippen molar-refractivity contribution in [1.29, 1.82) is 0 Å². The number of aromatic nitrogens is 2. The minimum absolute atomic E-state index is 0.209. The van der Waals surface area contributed by atoms with E-state index in [0.717, 1.165) is 12.1 Å². The lowest BCUT2D eigenvalue weighted by molar-refractivity contribution is 0.504. The molecule has 1 heterocycles. The molecular weight excluding hydrogens is 379 g/mol. The van der Waals surface area contributed by atoms with Crippen molar-refractivity contribution in [3.05, 3.63) is 86.4 Å². The zero-order chi connectivity index (χ0) is 18.3. The van der Waals surface area contributed by atoms with Gasteiger partial charge in [-0.25, -0.2) is 22.5 Å². The molecule has 8 heteroatoms. The van der Waals surface area contributed by atoms with E-state index in [1.165, 1.54) is 18.3 Å². The predicted molar refractivity (Wildman–Crippen MR) is 87.0 cm³/mol. The Hall–Kier alpha value is -2.05. The van der Waals surface area contributed by atoms with E-state index in [1.54, 1.807) is 6.92 Å². The predicted octanol–water partition coefficient (Wildman–Crippen LogP) is 5.76. The number of nitrogens with zero attached hydrogens (tertiary/aromatic N) is 1. The van der Waals surface area contributed by atoms with Crippen LogP contribution in [0.4, 0.5) is 17.6 Å². The van der Waals surface area contributed by atoms with Gasteiger partial charge in [-0.05, 0) is 42.3 Å². The van der Waals surface area contributed by atoms with Crippen molar-refractivity contribution >= 4 is 23.2 Å². The van der Waals surface area contributed by atoms with Crippen LogP contribution in [0.5, 0.6) is 0 Å². The number of hydrogen-bond acceptors (Lipinski definition) is 1. The molecule has 3 rings (SSSR count). The summed E-state index contributed by atoms with van der Waals surface area (Å²) < 4.78 is 54.6. The molecule has 0 aliphatic rings. The second kappa shape index (κ2) is 6.69. The van der Waals surface area contributed by atoms with Gasteiger partial charge in [-0.2, -0.15) is 0 Å². The summed E-state index contributed by atoms with van der Waals surface area (Å²) in [6, 6.07) is 4.27. The van der Waals surface area contributed by atoms with Crippen molar-refractivity contribution in [2.45, 2.75) is 12.8 Å². The van der Waals surface area contributed by atoms with E-state index >= 15 is 0 Å². The Labute approximate surface area is 150 Å². The van der Waals surface area contributed by atoms with Crippen LogP contribution in [0.15, 0.2) is 30.5 Å². The van der Waals surface area contributed by atoms with E-state index in [4.69, 9.17) is 23.2 Å². The molecule has 2 aromatic carbocycles. The molecule has 25 heavy (non-hydrogen) atoms. The first-order chi connectivity index (χ1) is 11.8. The van der Waals surface area contributed by atoms with Gasteiger partial charge < -0.3 is 4.98 Å². The third-order valence-corrected chi connectivity index (χ3v) is 4.22. The molecule has 0 atom stereocenters. The maximum atomic E-state index is 13.8. The fourth-order valence-corrected chi connectivity index (χ4v) is 3.00. The summed E-state index contributed by atoms with van der Waals surface area (Å²) in [4.78, 5) is 7.11. The zero-order valence-electron chi connectivity index (χ0n) is 12.7. The summed E-state index contributed by atoms with van der Waals surface area (Å²) in [5, 5.41) is -0.867. The van der Waals surface area contributed by atoms with E-state index in [9.17, 15) is 17.6 Å². The van der Waals surface area contributed by atoms with Gasteiger partial charge in [0.05, 0.1) is 16.0 Å². The Kier molecular flexibility index (Phi) is 4.75. The lowest BCUT2D eigenvalue weighted by Crippen LogP contribution is -2.08. The van der Waals surface area contributed by atoms with Crippen molar-refractivity contribution in [2.75, 3.05) is 0 Å². The van der Waals surface area contributed by atoms with Crippen LogP contribution in [0.1, 0.15) is 28.6 Å². The first-order valence-electron chi connectivity index (χ1n) is 7.08. The first kappa shape index (κ1) is 17.8. The molecule has 0 radical (unpaired) electrons. The Balaban J connectivity index is 2.24. The van der Waals surface area contributed by atoms with Crippen LogP contribution in [0.25, 0.3) is 0 Å². The number of benzene rings is 2. The van der Waals surface area contributed by atoms with Crippen LogP contribution in [0.3, 0.4) is 0 Å².